The van der Waals surface area contributed by atoms with E-state index >= 15 is 0 Å². The van der Waals surface area contributed by atoms with E-state index in [2.05, 4.69) is 22.4 Å². The van der Waals surface area contributed by atoms with Crippen LogP contribution in [0.25, 0.3) is 11.3 Å². The zero-order chi connectivity index (χ0) is 20.2. The minimum atomic E-state index is 0.244. The highest BCUT2D eigenvalue weighted by Crippen LogP contribution is 2.30. The number of aromatic nitrogens is 4. The van der Waals surface area contributed by atoms with Crippen molar-refractivity contribution in [3.8, 4) is 11.3 Å². The highest BCUT2D eigenvalue weighted by Gasteiger charge is 2.25. The van der Waals surface area contributed by atoms with Crippen molar-refractivity contribution in [2.45, 2.75) is 52.0 Å². The molecule has 0 radical (unpaired) electrons. The summed E-state index contributed by atoms with van der Waals surface area (Å²) < 4.78 is 7.16. The van der Waals surface area contributed by atoms with Crippen LogP contribution in [0.4, 0.5) is 0 Å². The van der Waals surface area contributed by atoms with E-state index in [-0.39, 0.29) is 5.91 Å². The molecule has 152 valence electrons. The fourth-order valence-electron chi connectivity index (χ4n) is 4.07. The van der Waals surface area contributed by atoms with Crippen molar-refractivity contribution in [2.75, 3.05) is 13.1 Å². The molecule has 0 N–H and O–H groups in total. The number of nitrogens with zero attached hydrogens (tertiary/aromatic N) is 5. The maximum Gasteiger partial charge on any atom is 0.222 e. The van der Waals surface area contributed by atoms with Crippen LogP contribution < -0.4 is 0 Å². The predicted molar refractivity (Wildman–Crippen MR) is 109 cm³/mol. The van der Waals surface area contributed by atoms with E-state index in [1.807, 2.05) is 41.8 Å². The maximum atomic E-state index is 12.5. The summed E-state index contributed by atoms with van der Waals surface area (Å²) >= 11 is 0. The van der Waals surface area contributed by atoms with Gasteiger partial charge in [-0.3, -0.25) is 14.5 Å². The third-order valence-corrected chi connectivity index (χ3v) is 5.66. The smallest absolute Gasteiger partial charge is 0.222 e. The SMILES string of the molecule is Cc1noc(C)c1-c1cccc(C2CCN(C(=O)CCCn3cccn3)CC2)n1. The molecule has 0 saturated carbocycles. The molecule has 3 aromatic rings. The van der Waals surface area contributed by atoms with Gasteiger partial charge in [0.2, 0.25) is 5.91 Å². The van der Waals surface area contributed by atoms with Crippen molar-refractivity contribution in [3.05, 3.63) is 53.8 Å². The molecule has 3 aromatic heterocycles. The van der Waals surface area contributed by atoms with Crippen molar-refractivity contribution in [3.63, 3.8) is 0 Å². The summed E-state index contributed by atoms with van der Waals surface area (Å²) in [7, 11) is 0. The van der Waals surface area contributed by atoms with Crippen molar-refractivity contribution in [1.29, 1.82) is 0 Å². The first-order chi connectivity index (χ1) is 14.1. The topological polar surface area (TPSA) is 77.0 Å². The normalized spacial score (nSPS) is 15.0. The Labute approximate surface area is 170 Å². The number of hydrogen-bond donors (Lipinski definition) is 0. The quantitative estimate of drug-likeness (QED) is 0.638. The average Bonchev–Trinajstić information content (AvgIpc) is 3.38. The minimum absolute atomic E-state index is 0.244. The Morgan fingerprint density at radius 1 is 1.21 bits per heavy atom. The van der Waals surface area contributed by atoms with E-state index in [1.54, 1.807) is 6.20 Å². The van der Waals surface area contributed by atoms with Gasteiger partial charge in [0.1, 0.15) is 5.76 Å². The summed E-state index contributed by atoms with van der Waals surface area (Å²) in [5, 5.41) is 8.22. The van der Waals surface area contributed by atoms with E-state index in [0.717, 1.165) is 67.3 Å². The van der Waals surface area contributed by atoms with Crippen LogP contribution in [0.5, 0.6) is 0 Å². The molecular weight excluding hydrogens is 366 g/mol. The van der Waals surface area contributed by atoms with Gasteiger partial charge in [-0.1, -0.05) is 11.2 Å². The van der Waals surface area contributed by atoms with Gasteiger partial charge >= 0.3 is 0 Å². The highest BCUT2D eigenvalue weighted by molar-refractivity contribution is 5.76. The van der Waals surface area contributed by atoms with Crippen LogP contribution in [-0.4, -0.2) is 43.8 Å². The summed E-state index contributed by atoms with van der Waals surface area (Å²) in [4.78, 5) is 19.4. The lowest BCUT2D eigenvalue weighted by atomic mass is 9.92. The second-order valence-electron chi connectivity index (χ2n) is 7.67. The first kappa shape index (κ1) is 19.4. The molecule has 7 heteroatoms. The zero-order valence-electron chi connectivity index (χ0n) is 17.0. The molecular formula is C22H27N5O2. The fourth-order valence-corrected chi connectivity index (χ4v) is 4.07. The first-order valence-corrected chi connectivity index (χ1v) is 10.3. The summed E-state index contributed by atoms with van der Waals surface area (Å²) in [5.41, 5.74) is 3.85. The Morgan fingerprint density at radius 2 is 2.03 bits per heavy atom. The number of likely N-dealkylation sites (tertiary alicyclic amines) is 1. The standard InChI is InChI=1S/C22H27N5O2/c1-16-22(17(2)29-25-16)20-7-3-6-19(24-20)18-9-14-26(15-10-18)21(28)8-4-12-27-13-5-11-23-27/h3,5-7,11,13,18H,4,8-10,12,14-15H2,1-2H3. The minimum Gasteiger partial charge on any atom is -0.361 e. The lowest BCUT2D eigenvalue weighted by Crippen LogP contribution is -2.38. The summed E-state index contributed by atoms with van der Waals surface area (Å²) in [6.45, 7) is 6.23. The molecule has 4 rings (SSSR count). The lowest BCUT2D eigenvalue weighted by Gasteiger charge is -2.32. The number of rotatable bonds is 6. The van der Waals surface area contributed by atoms with E-state index in [9.17, 15) is 4.79 Å². The number of pyridine rings is 1. The largest absolute Gasteiger partial charge is 0.361 e. The third kappa shape index (κ3) is 4.39. The van der Waals surface area contributed by atoms with Crippen LogP contribution in [0.2, 0.25) is 0 Å². The Bertz CT molecular complexity index is 936. The Kier molecular flexibility index (Phi) is 5.74. The molecule has 0 unspecified atom stereocenters. The van der Waals surface area contributed by atoms with Crippen molar-refractivity contribution < 1.29 is 9.32 Å². The highest BCUT2D eigenvalue weighted by atomic mass is 16.5. The number of amides is 1. The van der Waals surface area contributed by atoms with Crippen LogP contribution in [0.3, 0.4) is 0 Å². The number of piperidine rings is 1. The number of hydrogen-bond acceptors (Lipinski definition) is 5. The molecule has 1 fully saturated rings. The van der Waals surface area contributed by atoms with Gasteiger partial charge in [-0.2, -0.15) is 5.10 Å². The lowest BCUT2D eigenvalue weighted by molar-refractivity contribution is -0.132. The summed E-state index contributed by atoms with van der Waals surface area (Å²) in [6, 6.07) is 8.06. The molecule has 1 aliphatic heterocycles. The Hall–Kier alpha value is -2.96. The second-order valence-corrected chi connectivity index (χ2v) is 7.67. The Balaban J connectivity index is 1.32. The van der Waals surface area contributed by atoms with Crippen LogP contribution in [0.15, 0.2) is 41.2 Å². The summed E-state index contributed by atoms with van der Waals surface area (Å²) in [5.74, 6) is 1.42. The second kappa shape index (κ2) is 8.59. The first-order valence-electron chi connectivity index (χ1n) is 10.3. The molecule has 29 heavy (non-hydrogen) atoms. The van der Waals surface area contributed by atoms with Crippen molar-refractivity contribution in [2.24, 2.45) is 0 Å². The van der Waals surface area contributed by atoms with Gasteiger partial charge in [-0.15, -0.1) is 0 Å². The molecule has 7 nitrogen and oxygen atoms in total. The van der Waals surface area contributed by atoms with Crippen LogP contribution >= 0.6 is 0 Å². The predicted octanol–water partition coefficient (Wildman–Crippen LogP) is 3.74. The number of carbonyl (C=O) groups excluding carboxylic acids is 1. The van der Waals surface area contributed by atoms with Crippen molar-refractivity contribution >= 4 is 5.91 Å². The molecule has 0 atom stereocenters. The molecule has 0 aromatic carbocycles. The molecule has 0 spiro atoms. The van der Waals surface area contributed by atoms with Crippen LogP contribution in [-0.2, 0) is 11.3 Å². The van der Waals surface area contributed by atoms with Crippen LogP contribution in [0, 0.1) is 13.8 Å². The summed E-state index contributed by atoms with van der Waals surface area (Å²) in [6.07, 6.45) is 6.98. The molecule has 1 aliphatic rings. The van der Waals surface area contributed by atoms with Crippen LogP contribution in [0.1, 0.15) is 48.7 Å². The molecule has 0 aliphatic carbocycles. The number of aryl methyl sites for hydroxylation is 3. The maximum absolute atomic E-state index is 12.5. The van der Waals surface area contributed by atoms with Gasteiger partial charge in [-0.25, -0.2) is 0 Å². The van der Waals surface area contributed by atoms with Gasteiger partial charge in [0.15, 0.2) is 0 Å². The van der Waals surface area contributed by atoms with E-state index in [1.165, 1.54) is 0 Å². The number of carbonyl (C=O) groups is 1. The van der Waals surface area contributed by atoms with Gasteiger partial charge in [0, 0.05) is 50.1 Å². The van der Waals surface area contributed by atoms with E-state index < -0.39 is 0 Å². The van der Waals surface area contributed by atoms with Crippen molar-refractivity contribution in [1.82, 2.24) is 24.8 Å². The van der Waals surface area contributed by atoms with Gasteiger partial charge in [-0.05, 0) is 51.3 Å². The fraction of sp³-hybridized carbons (Fsp3) is 0.455. The van der Waals surface area contributed by atoms with Gasteiger partial charge in [0.05, 0.1) is 17.0 Å². The molecule has 1 amide bonds. The van der Waals surface area contributed by atoms with Gasteiger partial charge < -0.3 is 9.42 Å². The Morgan fingerprint density at radius 3 is 2.72 bits per heavy atom. The average molecular weight is 393 g/mol. The van der Waals surface area contributed by atoms with E-state index in [4.69, 9.17) is 9.51 Å². The monoisotopic (exact) mass is 393 g/mol. The molecule has 1 saturated heterocycles. The van der Waals surface area contributed by atoms with E-state index in [0.29, 0.717) is 12.3 Å². The molecule has 4 heterocycles. The molecule has 0 bridgehead atoms. The zero-order valence-corrected chi connectivity index (χ0v) is 17.0. The van der Waals surface area contributed by atoms with Gasteiger partial charge in [0.25, 0.3) is 0 Å². The third-order valence-electron chi connectivity index (χ3n) is 5.66.